The first-order valence-corrected chi connectivity index (χ1v) is 13.6. The summed E-state index contributed by atoms with van der Waals surface area (Å²) in [6.45, 7) is 5.03. The minimum Gasteiger partial charge on any atom is -0.467 e. The van der Waals surface area contributed by atoms with E-state index < -0.39 is 11.6 Å². The van der Waals surface area contributed by atoms with Crippen LogP contribution in [0.25, 0.3) is 0 Å². The molecule has 5 rings (SSSR count). The summed E-state index contributed by atoms with van der Waals surface area (Å²) in [6, 6.07) is -0.514. The van der Waals surface area contributed by atoms with Crippen LogP contribution in [0.3, 0.4) is 0 Å². The summed E-state index contributed by atoms with van der Waals surface area (Å²) in [4.78, 5) is 31.6. The van der Waals surface area contributed by atoms with Gasteiger partial charge in [-0.05, 0) is 93.5 Å². The van der Waals surface area contributed by atoms with Gasteiger partial charge in [-0.3, -0.25) is 4.79 Å². The van der Waals surface area contributed by atoms with Crippen molar-refractivity contribution >= 4 is 17.6 Å². The SMILES string of the molecule is C#C[C@@]1(O)CC[C@@H]2[C@@H]3CCC4=C/C(=N/OCC(=O)N5CCC[C@@H]5C(=O)OC)CC[C@]4(C)[C@@H]3CC[C@@]21C. The number of likely N-dealkylation sites (tertiary alicyclic amines) is 1. The van der Waals surface area contributed by atoms with E-state index in [0.29, 0.717) is 30.7 Å². The maximum Gasteiger partial charge on any atom is 0.328 e. The molecule has 5 aliphatic rings. The Bertz CT molecular complexity index is 1030. The van der Waals surface area contributed by atoms with Crippen LogP contribution in [-0.4, -0.2) is 59.5 Å². The van der Waals surface area contributed by atoms with Gasteiger partial charge >= 0.3 is 5.97 Å². The van der Waals surface area contributed by atoms with E-state index in [1.807, 2.05) is 0 Å². The molecule has 0 radical (unpaired) electrons. The Morgan fingerprint density at radius 1 is 1.17 bits per heavy atom. The molecule has 1 heterocycles. The summed E-state index contributed by atoms with van der Waals surface area (Å²) in [6.07, 6.45) is 17.3. The van der Waals surface area contributed by atoms with Crippen molar-refractivity contribution in [3.8, 4) is 12.3 Å². The van der Waals surface area contributed by atoms with Gasteiger partial charge < -0.3 is 19.6 Å². The van der Waals surface area contributed by atoms with Crippen LogP contribution in [0, 0.1) is 40.9 Å². The molecule has 36 heavy (non-hydrogen) atoms. The third-order valence-electron chi connectivity index (χ3n) is 10.8. The van der Waals surface area contributed by atoms with Crippen molar-refractivity contribution in [3.63, 3.8) is 0 Å². The largest absolute Gasteiger partial charge is 0.467 e. The molecule has 0 aromatic rings. The Morgan fingerprint density at radius 3 is 2.69 bits per heavy atom. The third kappa shape index (κ3) is 3.79. The standard InChI is InChI=1S/C29H40N2O5/c1-5-29(34)15-12-23-21-9-8-19-17-20(10-13-27(19,2)22(21)11-14-28(23,29)3)30-36-18-25(32)31-16-6-7-24(31)26(33)35-4/h1,17,21-24,34H,6-16,18H2,2-4H3/b30-20+/t21-,22-,23-,24-,27+,28+,29-/m1/s1. The van der Waals surface area contributed by atoms with E-state index in [0.717, 1.165) is 63.5 Å². The zero-order valence-electron chi connectivity index (χ0n) is 21.9. The quantitative estimate of drug-likeness (QED) is 0.363. The highest BCUT2D eigenvalue weighted by Crippen LogP contribution is 2.67. The highest BCUT2D eigenvalue weighted by atomic mass is 16.6. The van der Waals surface area contributed by atoms with Crippen molar-refractivity contribution < 1.29 is 24.3 Å². The zero-order valence-corrected chi connectivity index (χ0v) is 21.9. The summed E-state index contributed by atoms with van der Waals surface area (Å²) < 4.78 is 4.83. The smallest absolute Gasteiger partial charge is 0.328 e. The van der Waals surface area contributed by atoms with Gasteiger partial charge in [0.2, 0.25) is 0 Å². The molecule has 1 amide bonds. The highest BCUT2D eigenvalue weighted by Gasteiger charge is 2.63. The van der Waals surface area contributed by atoms with E-state index in [1.54, 1.807) is 4.90 Å². The predicted molar refractivity (Wildman–Crippen MR) is 136 cm³/mol. The molecule has 1 aliphatic heterocycles. The summed E-state index contributed by atoms with van der Waals surface area (Å²) in [7, 11) is 1.35. The lowest BCUT2D eigenvalue weighted by Crippen LogP contribution is -2.54. The minimum atomic E-state index is -0.966. The molecule has 1 saturated heterocycles. The van der Waals surface area contributed by atoms with E-state index in [4.69, 9.17) is 16.0 Å². The van der Waals surface area contributed by atoms with Crippen molar-refractivity contribution in [1.82, 2.24) is 4.90 Å². The summed E-state index contributed by atoms with van der Waals surface area (Å²) >= 11 is 0. The van der Waals surface area contributed by atoms with Crippen LogP contribution in [0.4, 0.5) is 0 Å². The highest BCUT2D eigenvalue weighted by molar-refractivity contribution is 5.96. The Labute approximate surface area is 214 Å². The second kappa shape index (κ2) is 9.20. The molecule has 4 fully saturated rings. The number of methoxy groups -OCH3 is 1. The van der Waals surface area contributed by atoms with Gasteiger partial charge in [0.25, 0.3) is 5.91 Å². The Morgan fingerprint density at radius 2 is 1.94 bits per heavy atom. The van der Waals surface area contributed by atoms with Gasteiger partial charge in [-0.2, -0.15) is 0 Å². The first kappa shape index (κ1) is 25.3. The average Bonchev–Trinajstić information content (AvgIpc) is 3.47. The van der Waals surface area contributed by atoms with Crippen LogP contribution in [-0.2, 0) is 19.2 Å². The monoisotopic (exact) mass is 496 g/mol. The molecule has 4 aliphatic carbocycles. The van der Waals surface area contributed by atoms with Crippen LogP contribution < -0.4 is 0 Å². The molecular formula is C29H40N2O5. The van der Waals surface area contributed by atoms with Gasteiger partial charge in [-0.15, -0.1) is 6.42 Å². The number of hydrogen-bond donors (Lipinski definition) is 1. The number of nitrogens with zero attached hydrogens (tertiary/aromatic N) is 2. The molecule has 0 bridgehead atoms. The first-order chi connectivity index (χ1) is 17.2. The van der Waals surface area contributed by atoms with E-state index >= 15 is 0 Å². The summed E-state index contributed by atoms with van der Waals surface area (Å²) in [5, 5.41) is 15.5. The zero-order chi connectivity index (χ0) is 25.7. The van der Waals surface area contributed by atoms with E-state index in [2.05, 4.69) is 31.0 Å². The Balaban J connectivity index is 1.24. The van der Waals surface area contributed by atoms with Gasteiger partial charge in [0.15, 0.2) is 6.61 Å². The predicted octanol–water partition coefficient (Wildman–Crippen LogP) is 3.85. The second-order valence-corrected chi connectivity index (χ2v) is 12.1. The molecule has 0 unspecified atom stereocenters. The minimum absolute atomic E-state index is 0.138. The van der Waals surface area contributed by atoms with E-state index in [1.165, 1.54) is 12.7 Å². The van der Waals surface area contributed by atoms with Gasteiger partial charge in [0.1, 0.15) is 11.6 Å². The van der Waals surface area contributed by atoms with Gasteiger partial charge in [0.05, 0.1) is 12.8 Å². The summed E-state index contributed by atoms with van der Waals surface area (Å²) in [5.74, 6) is 3.86. The van der Waals surface area contributed by atoms with Gasteiger partial charge in [-0.1, -0.05) is 30.5 Å². The fraction of sp³-hybridized carbons (Fsp3) is 0.759. The molecule has 0 aromatic carbocycles. The summed E-state index contributed by atoms with van der Waals surface area (Å²) in [5.41, 5.74) is 1.33. The molecule has 0 aromatic heterocycles. The normalized spacial score (nSPS) is 42.6. The Hall–Kier alpha value is -2.33. The van der Waals surface area contributed by atoms with Crippen molar-refractivity contribution in [3.05, 3.63) is 11.6 Å². The fourth-order valence-corrected chi connectivity index (χ4v) is 8.60. The van der Waals surface area contributed by atoms with Crippen LogP contribution >= 0.6 is 0 Å². The second-order valence-electron chi connectivity index (χ2n) is 12.1. The van der Waals surface area contributed by atoms with Crippen molar-refractivity contribution in [2.75, 3.05) is 20.3 Å². The molecular weight excluding hydrogens is 456 g/mol. The fourth-order valence-electron chi connectivity index (χ4n) is 8.60. The molecule has 3 saturated carbocycles. The maximum atomic E-state index is 12.6. The number of ether oxygens (including phenoxy) is 1. The van der Waals surface area contributed by atoms with Crippen molar-refractivity contribution in [1.29, 1.82) is 0 Å². The van der Waals surface area contributed by atoms with E-state index in [-0.39, 0.29) is 29.3 Å². The Kier molecular flexibility index (Phi) is 6.47. The number of carbonyl (C=O) groups excluding carboxylic acids is 2. The van der Waals surface area contributed by atoms with E-state index in [9.17, 15) is 14.7 Å². The lowest BCUT2D eigenvalue weighted by Gasteiger charge is -2.58. The topological polar surface area (TPSA) is 88.4 Å². The number of aliphatic hydroxyl groups is 1. The molecule has 1 N–H and O–H groups in total. The first-order valence-electron chi connectivity index (χ1n) is 13.6. The number of rotatable bonds is 4. The number of hydrogen-bond acceptors (Lipinski definition) is 6. The lowest BCUT2D eigenvalue weighted by molar-refractivity contribution is -0.152. The molecule has 196 valence electrons. The number of oxime groups is 1. The van der Waals surface area contributed by atoms with Gasteiger partial charge in [-0.25, -0.2) is 4.79 Å². The van der Waals surface area contributed by atoms with Crippen LogP contribution in [0.2, 0.25) is 0 Å². The lowest BCUT2D eigenvalue weighted by atomic mass is 9.46. The van der Waals surface area contributed by atoms with Crippen LogP contribution in [0.15, 0.2) is 16.8 Å². The van der Waals surface area contributed by atoms with Gasteiger partial charge in [0, 0.05) is 12.0 Å². The number of carbonyl (C=O) groups is 2. The van der Waals surface area contributed by atoms with Crippen LogP contribution in [0.1, 0.15) is 78.1 Å². The average molecular weight is 497 g/mol. The maximum absolute atomic E-state index is 12.6. The number of esters is 1. The molecule has 0 spiro atoms. The number of allylic oxidation sites excluding steroid dienone is 2. The van der Waals surface area contributed by atoms with Crippen LogP contribution in [0.5, 0.6) is 0 Å². The van der Waals surface area contributed by atoms with Crippen molar-refractivity contribution in [2.24, 2.45) is 33.7 Å². The number of terminal acetylenes is 1. The number of fused-ring (bicyclic) bond motifs is 5. The third-order valence-corrected chi connectivity index (χ3v) is 10.8. The van der Waals surface area contributed by atoms with Crippen molar-refractivity contribution in [2.45, 2.75) is 89.7 Å². The molecule has 7 nitrogen and oxygen atoms in total. The number of amides is 1. The molecule has 7 heteroatoms. The molecule has 7 atom stereocenters.